The van der Waals surface area contributed by atoms with Gasteiger partial charge < -0.3 is 19.3 Å². The number of benzene rings is 1. The van der Waals surface area contributed by atoms with Crippen molar-refractivity contribution in [2.45, 2.75) is 32.7 Å². The highest BCUT2D eigenvalue weighted by atomic mass is 16.5. The van der Waals surface area contributed by atoms with Crippen LogP contribution in [0.25, 0.3) is 0 Å². The summed E-state index contributed by atoms with van der Waals surface area (Å²) in [6.45, 7) is 5.99. The molecule has 2 aliphatic rings. The van der Waals surface area contributed by atoms with Crippen LogP contribution in [0.4, 0.5) is 11.8 Å². The quantitative estimate of drug-likeness (QED) is 0.821. The Morgan fingerprint density at radius 2 is 1.81 bits per heavy atom. The molecule has 0 spiro atoms. The first-order valence-corrected chi connectivity index (χ1v) is 9.61. The van der Waals surface area contributed by atoms with Crippen LogP contribution >= 0.6 is 0 Å². The van der Waals surface area contributed by atoms with Crippen LogP contribution in [0.3, 0.4) is 0 Å². The van der Waals surface area contributed by atoms with Crippen molar-refractivity contribution in [1.82, 2.24) is 15.2 Å². The monoisotopic (exact) mass is 369 g/mol. The zero-order valence-corrected chi connectivity index (χ0v) is 16.3. The number of nitrogens with zero attached hydrogens (tertiary/aromatic N) is 5. The number of fused-ring (bicyclic) bond motifs is 1. The van der Waals surface area contributed by atoms with Crippen LogP contribution in [0.5, 0.6) is 11.5 Å². The first-order chi connectivity index (χ1) is 13.2. The molecule has 7 nitrogen and oxygen atoms in total. The summed E-state index contributed by atoms with van der Waals surface area (Å²) in [5.74, 6) is 3.87. The van der Waals surface area contributed by atoms with E-state index in [0.29, 0.717) is 11.9 Å². The predicted molar refractivity (Wildman–Crippen MR) is 105 cm³/mol. The van der Waals surface area contributed by atoms with Gasteiger partial charge in [0.25, 0.3) is 0 Å². The molecule has 4 rings (SSSR count). The van der Waals surface area contributed by atoms with Crippen LogP contribution in [0, 0.1) is 5.92 Å². The zero-order valence-electron chi connectivity index (χ0n) is 16.3. The molecule has 1 aromatic carbocycles. The minimum Gasteiger partial charge on any atom is -0.493 e. The van der Waals surface area contributed by atoms with E-state index >= 15 is 0 Å². The molecule has 0 saturated carbocycles. The lowest BCUT2D eigenvalue weighted by atomic mass is 9.99. The van der Waals surface area contributed by atoms with Crippen LogP contribution in [-0.2, 0) is 13.0 Å². The smallest absolute Gasteiger partial charge is 0.247 e. The lowest BCUT2D eigenvalue weighted by Crippen LogP contribution is -2.36. The number of rotatable bonds is 4. The Balaban J connectivity index is 1.56. The van der Waals surface area contributed by atoms with Crippen LogP contribution in [0.1, 0.15) is 30.9 Å². The molecule has 0 bridgehead atoms. The molecule has 27 heavy (non-hydrogen) atoms. The van der Waals surface area contributed by atoms with Crippen molar-refractivity contribution in [2.75, 3.05) is 43.7 Å². The van der Waals surface area contributed by atoms with Crippen molar-refractivity contribution in [1.29, 1.82) is 0 Å². The molecule has 0 amide bonds. The number of ether oxygens (including phenoxy) is 2. The van der Waals surface area contributed by atoms with Crippen LogP contribution in [0.15, 0.2) is 18.3 Å². The highest BCUT2D eigenvalue weighted by Gasteiger charge is 2.23. The average Bonchev–Trinajstić information content (AvgIpc) is 2.72. The fourth-order valence-corrected chi connectivity index (χ4v) is 4.02. The van der Waals surface area contributed by atoms with Gasteiger partial charge in [0.15, 0.2) is 17.3 Å². The van der Waals surface area contributed by atoms with Gasteiger partial charge in [-0.05, 0) is 48.4 Å². The lowest BCUT2D eigenvalue weighted by molar-refractivity contribution is 0.353. The van der Waals surface area contributed by atoms with Crippen molar-refractivity contribution in [3.8, 4) is 11.5 Å². The predicted octanol–water partition coefficient (Wildman–Crippen LogP) is 2.69. The van der Waals surface area contributed by atoms with Gasteiger partial charge in [0.2, 0.25) is 5.95 Å². The van der Waals surface area contributed by atoms with Crippen LogP contribution in [-0.4, -0.2) is 49.0 Å². The number of anilines is 2. The van der Waals surface area contributed by atoms with Crippen molar-refractivity contribution in [3.63, 3.8) is 0 Å². The van der Waals surface area contributed by atoms with E-state index < -0.39 is 0 Å². The highest BCUT2D eigenvalue weighted by Crippen LogP contribution is 2.34. The second-order valence-corrected chi connectivity index (χ2v) is 7.46. The second kappa shape index (κ2) is 7.58. The molecular formula is C20H27N5O2. The minimum absolute atomic E-state index is 0.696. The second-order valence-electron chi connectivity index (χ2n) is 7.46. The molecule has 2 aliphatic heterocycles. The molecule has 3 heterocycles. The Morgan fingerprint density at radius 1 is 1.04 bits per heavy atom. The Bertz CT molecular complexity index is 813. The Labute approximate surface area is 160 Å². The number of hydrogen-bond acceptors (Lipinski definition) is 7. The van der Waals surface area contributed by atoms with Gasteiger partial charge >= 0.3 is 0 Å². The molecule has 7 heteroatoms. The zero-order chi connectivity index (χ0) is 18.8. The molecule has 1 atom stereocenters. The van der Waals surface area contributed by atoms with Gasteiger partial charge in [-0.2, -0.15) is 10.1 Å². The molecule has 2 aromatic rings. The van der Waals surface area contributed by atoms with E-state index in [9.17, 15) is 0 Å². The maximum absolute atomic E-state index is 5.46. The first kappa shape index (κ1) is 17.8. The van der Waals surface area contributed by atoms with Gasteiger partial charge in [-0.15, -0.1) is 5.10 Å². The SMILES string of the molecule is COc1cc2c(cc1OC)CN(c1nncc(N3CCCC(C)C3)n1)CC2. The molecule has 1 unspecified atom stereocenters. The first-order valence-electron chi connectivity index (χ1n) is 9.61. The summed E-state index contributed by atoms with van der Waals surface area (Å²) in [5, 5.41) is 8.54. The van der Waals surface area contributed by atoms with Crippen LogP contribution in [0.2, 0.25) is 0 Å². The molecule has 0 radical (unpaired) electrons. The van der Waals surface area contributed by atoms with Crippen molar-refractivity contribution in [3.05, 3.63) is 29.5 Å². The summed E-state index contributed by atoms with van der Waals surface area (Å²) < 4.78 is 10.9. The molecule has 0 N–H and O–H groups in total. The van der Waals surface area contributed by atoms with E-state index in [1.165, 1.54) is 24.0 Å². The summed E-state index contributed by atoms with van der Waals surface area (Å²) in [6, 6.07) is 4.14. The maximum Gasteiger partial charge on any atom is 0.247 e. The molecule has 144 valence electrons. The molecule has 1 aromatic heterocycles. The van der Waals surface area contributed by atoms with Crippen molar-refractivity contribution < 1.29 is 9.47 Å². The normalized spacial score (nSPS) is 19.6. The number of piperidine rings is 1. The fourth-order valence-electron chi connectivity index (χ4n) is 4.02. The van der Waals surface area contributed by atoms with Gasteiger partial charge in [-0.1, -0.05) is 6.92 Å². The van der Waals surface area contributed by atoms with Crippen molar-refractivity contribution in [2.24, 2.45) is 5.92 Å². The molecule has 1 fully saturated rings. The highest BCUT2D eigenvalue weighted by molar-refractivity contribution is 5.51. The van der Waals surface area contributed by atoms with Gasteiger partial charge in [-0.25, -0.2) is 0 Å². The van der Waals surface area contributed by atoms with E-state index in [-0.39, 0.29) is 0 Å². The van der Waals surface area contributed by atoms with Gasteiger partial charge in [0.1, 0.15) is 0 Å². The average molecular weight is 369 g/mol. The largest absolute Gasteiger partial charge is 0.493 e. The van der Waals surface area contributed by atoms with Gasteiger partial charge in [0, 0.05) is 26.2 Å². The Morgan fingerprint density at radius 3 is 2.56 bits per heavy atom. The topological polar surface area (TPSA) is 63.6 Å². The van der Waals surface area contributed by atoms with E-state index in [0.717, 1.165) is 49.9 Å². The third kappa shape index (κ3) is 3.63. The third-order valence-corrected chi connectivity index (χ3v) is 5.52. The van der Waals surface area contributed by atoms with Crippen molar-refractivity contribution >= 4 is 11.8 Å². The molecular weight excluding hydrogens is 342 g/mol. The van der Waals surface area contributed by atoms with Gasteiger partial charge in [-0.3, -0.25) is 0 Å². The Kier molecular flexibility index (Phi) is 5.01. The summed E-state index contributed by atoms with van der Waals surface area (Å²) in [7, 11) is 3.34. The summed E-state index contributed by atoms with van der Waals surface area (Å²) >= 11 is 0. The summed E-state index contributed by atoms with van der Waals surface area (Å²) in [6.07, 6.45) is 5.20. The lowest BCUT2D eigenvalue weighted by Gasteiger charge is -2.33. The standard InChI is InChI=1S/C20H27N5O2/c1-14-5-4-7-24(12-14)19-11-21-23-20(22-19)25-8-6-15-9-17(26-2)18(27-3)10-16(15)13-25/h9-11,14H,4-8,12-13H2,1-3H3. The van der Waals surface area contributed by atoms with E-state index in [2.05, 4.69) is 39.1 Å². The van der Waals surface area contributed by atoms with E-state index in [1.807, 2.05) is 0 Å². The maximum atomic E-state index is 5.46. The van der Waals surface area contributed by atoms with Gasteiger partial charge in [0.05, 0.1) is 20.4 Å². The summed E-state index contributed by atoms with van der Waals surface area (Å²) in [4.78, 5) is 9.35. The number of hydrogen-bond donors (Lipinski definition) is 0. The van der Waals surface area contributed by atoms with Crippen LogP contribution < -0.4 is 19.3 Å². The number of aromatic nitrogens is 3. The summed E-state index contributed by atoms with van der Waals surface area (Å²) in [5.41, 5.74) is 2.51. The van der Waals surface area contributed by atoms with E-state index in [1.54, 1.807) is 20.4 Å². The Hall–Kier alpha value is -2.57. The third-order valence-electron chi connectivity index (χ3n) is 5.52. The molecule has 0 aliphatic carbocycles. The number of methoxy groups -OCH3 is 2. The van der Waals surface area contributed by atoms with E-state index in [4.69, 9.17) is 14.5 Å². The minimum atomic E-state index is 0.696. The fraction of sp³-hybridized carbons (Fsp3) is 0.550. The molecule has 1 saturated heterocycles.